The van der Waals surface area contributed by atoms with Crippen LogP contribution in [-0.2, 0) is 6.42 Å². The molecule has 26 heavy (non-hydrogen) atoms. The lowest BCUT2D eigenvalue weighted by Gasteiger charge is -2.07. The van der Waals surface area contributed by atoms with Crippen LogP contribution in [0.1, 0.15) is 27.0 Å². The Labute approximate surface area is 159 Å². The van der Waals surface area contributed by atoms with Gasteiger partial charge in [0.2, 0.25) is 0 Å². The average molecular weight is 410 g/mol. The van der Waals surface area contributed by atoms with Gasteiger partial charge in [-0.15, -0.1) is 0 Å². The number of carbonyl (C=O) groups excluding carboxylic acids is 1. The van der Waals surface area contributed by atoms with Crippen LogP contribution < -0.4 is 5.43 Å². The minimum Gasteiger partial charge on any atom is -0.506 e. The number of carbonyl (C=O) groups is 1. The molecule has 3 aromatic rings. The Morgan fingerprint density at radius 1 is 1.12 bits per heavy atom. The van der Waals surface area contributed by atoms with E-state index >= 15 is 0 Å². The van der Waals surface area contributed by atoms with E-state index < -0.39 is 0 Å². The highest BCUT2D eigenvalue weighted by atomic mass is 79.9. The molecular weight excluding hydrogens is 394 g/mol. The third kappa shape index (κ3) is 4.55. The van der Waals surface area contributed by atoms with Gasteiger partial charge in [0.25, 0.3) is 5.91 Å². The summed E-state index contributed by atoms with van der Waals surface area (Å²) in [6, 6.07) is 16.9. The molecule has 0 aliphatic carbocycles. The van der Waals surface area contributed by atoms with Crippen LogP contribution in [0, 0.1) is 0 Å². The second-order valence-electron chi connectivity index (χ2n) is 5.61. The zero-order valence-corrected chi connectivity index (χ0v) is 15.3. The molecule has 130 valence electrons. The number of aromatic hydroxyl groups is 1. The van der Waals surface area contributed by atoms with Crippen LogP contribution in [0.5, 0.6) is 5.75 Å². The van der Waals surface area contributed by atoms with Crippen molar-refractivity contribution in [2.75, 3.05) is 0 Å². The van der Waals surface area contributed by atoms with Gasteiger partial charge in [0, 0.05) is 23.5 Å². The van der Waals surface area contributed by atoms with Gasteiger partial charge in [-0.2, -0.15) is 5.10 Å². The summed E-state index contributed by atoms with van der Waals surface area (Å²) in [7, 11) is 0. The van der Waals surface area contributed by atoms with Gasteiger partial charge in [0.1, 0.15) is 5.75 Å². The van der Waals surface area contributed by atoms with Crippen molar-refractivity contribution < 1.29 is 9.90 Å². The number of pyridine rings is 1. The lowest BCUT2D eigenvalue weighted by Crippen LogP contribution is -2.17. The Morgan fingerprint density at radius 3 is 2.58 bits per heavy atom. The first-order chi connectivity index (χ1) is 12.6. The molecule has 0 bridgehead atoms. The van der Waals surface area contributed by atoms with Crippen molar-refractivity contribution in [1.29, 1.82) is 0 Å². The van der Waals surface area contributed by atoms with Crippen molar-refractivity contribution in [3.8, 4) is 5.75 Å². The lowest BCUT2D eigenvalue weighted by molar-refractivity contribution is 0.0955. The van der Waals surface area contributed by atoms with E-state index in [4.69, 9.17) is 0 Å². The molecule has 5 nitrogen and oxygen atoms in total. The summed E-state index contributed by atoms with van der Waals surface area (Å²) < 4.78 is 0.577. The van der Waals surface area contributed by atoms with Crippen molar-refractivity contribution in [2.24, 2.45) is 5.10 Å². The number of benzene rings is 2. The van der Waals surface area contributed by atoms with E-state index in [2.05, 4.69) is 31.4 Å². The van der Waals surface area contributed by atoms with Gasteiger partial charge in [-0.25, -0.2) is 5.43 Å². The summed E-state index contributed by atoms with van der Waals surface area (Å²) >= 11 is 3.36. The van der Waals surface area contributed by atoms with E-state index in [0.29, 0.717) is 15.6 Å². The molecule has 0 spiro atoms. The van der Waals surface area contributed by atoms with E-state index in [9.17, 15) is 9.90 Å². The Kier molecular flexibility index (Phi) is 5.76. The van der Waals surface area contributed by atoms with Crippen molar-refractivity contribution in [1.82, 2.24) is 10.4 Å². The molecule has 0 saturated heterocycles. The maximum Gasteiger partial charge on any atom is 0.271 e. The van der Waals surface area contributed by atoms with Crippen LogP contribution in [0.2, 0.25) is 0 Å². The van der Waals surface area contributed by atoms with Crippen LogP contribution in [0.25, 0.3) is 0 Å². The topological polar surface area (TPSA) is 74.6 Å². The van der Waals surface area contributed by atoms with E-state index in [1.807, 2.05) is 42.5 Å². The summed E-state index contributed by atoms with van der Waals surface area (Å²) in [6.07, 6.45) is 5.22. The number of hydrogen-bond acceptors (Lipinski definition) is 4. The quantitative estimate of drug-likeness (QED) is 0.495. The number of aromatic nitrogens is 1. The number of hydrazone groups is 1. The molecule has 0 fully saturated rings. The second kappa shape index (κ2) is 8.40. The van der Waals surface area contributed by atoms with E-state index in [-0.39, 0.29) is 11.7 Å². The van der Waals surface area contributed by atoms with E-state index in [0.717, 1.165) is 12.0 Å². The number of nitrogens with one attached hydrogen (secondary N) is 1. The lowest BCUT2D eigenvalue weighted by atomic mass is 10.0. The van der Waals surface area contributed by atoms with Crippen molar-refractivity contribution in [3.05, 3.63) is 93.7 Å². The van der Waals surface area contributed by atoms with Gasteiger partial charge in [0.15, 0.2) is 0 Å². The minimum absolute atomic E-state index is 0.0729. The van der Waals surface area contributed by atoms with Crippen molar-refractivity contribution in [3.63, 3.8) is 0 Å². The van der Waals surface area contributed by atoms with Gasteiger partial charge >= 0.3 is 0 Å². The third-order valence-corrected chi connectivity index (χ3v) is 4.32. The summed E-state index contributed by atoms with van der Waals surface area (Å²) in [5.74, 6) is -0.272. The van der Waals surface area contributed by atoms with Crippen LogP contribution in [0.15, 0.2) is 76.6 Å². The van der Waals surface area contributed by atoms with Crippen molar-refractivity contribution >= 4 is 28.1 Å². The molecule has 2 N–H and O–H groups in total. The maximum atomic E-state index is 12.0. The zero-order valence-electron chi connectivity index (χ0n) is 13.8. The number of phenolic OH excluding ortho intramolecular Hbond substituents is 1. The Morgan fingerprint density at radius 2 is 1.85 bits per heavy atom. The van der Waals surface area contributed by atoms with Gasteiger partial charge in [0.05, 0.1) is 10.7 Å². The highest BCUT2D eigenvalue weighted by Gasteiger charge is 2.08. The molecule has 0 saturated carbocycles. The second-order valence-corrected chi connectivity index (χ2v) is 6.47. The predicted octanol–water partition coefficient (Wildman–Crippen LogP) is 3.90. The predicted molar refractivity (Wildman–Crippen MR) is 104 cm³/mol. The van der Waals surface area contributed by atoms with Crippen LogP contribution in [-0.4, -0.2) is 22.2 Å². The van der Waals surface area contributed by atoms with Crippen LogP contribution >= 0.6 is 15.9 Å². The Bertz CT molecular complexity index is 929. The van der Waals surface area contributed by atoms with Crippen LogP contribution in [0.4, 0.5) is 0 Å². The summed E-state index contributed by atoms with van der Waals surface area (Å²) in [5.41, 5.74) is 5.59. The third-order valence-electron chi connectivity index (χ3n) is 3.72. The van der Waals surface area contributed by atoms with Crippen molar-refractivity contribution in [2.45, 2.75) is 6.42 Å². The molecule has 6 heteroatoms. The van der Waals surface area contributed by atoms with Gasteiger partial charge in [-0.05, 0) is 57.7 Å². The number of hydrogen-bond donors (Lipinski definition) is 2. The Hall–Kier alpha value is -2.99. The molecule has 0 aliphatic rings. The molecule has 1 amide bonds. The number of halogens is 1. The number of amides is 1. The largest absolute Gasteiger partial charge is 0.506 e. The molecule has 0 unspecified atom stereocenters. The number of phenols is 1. The standard InChI is InChI=1S/C20H16BrN3O2/c21-18-12-15(10-14-4-2-1-3-5-14)11-17(19(18)25)13-23-24-20(26)16-6-8-22-9-7-16/h1-9,11-13,25H,10H2,(H,24,26)/b23-13+. The summed E-state index contributed by atoms with van der Waals surface area (Å²) in [5, 5.41) is 14.2. The summed E-state index contributed by atoms with van der Waals surface area (Å²) in [6.45, 7) is 0. The first-order valence-electron chi connectivity index (χ1n) is 7.92. The Balaban J connectivity index is 1.75. The monoisotopic (exact) mass is 409 g/mol. The molecule has 0 radical (unpaired) electrons. The normalized spacial score (nSPS) is 10.8. The zero-order chi connectivity index (χ0) is 18.4. The molecule has 0 aliphatic heterocycles. The smallest absolute Gasteiger partial charge is 0.271 e. The SMILES string of the molecule is O=C(N/N=C/c1cc(Cc2ccccc2)cc(Br)c1O)c1ccncc1. The molecule has 1 heterocycles. The molecule has 1 aromatic heterocycles. The summed E-state index contributed by atoms with van der Waals surface area (Å²) in [4.78, 5) is 15.8. The highest BCUT2D eigenvalue weighted by Crippen LogP contribution is 2.29. The fourth-order valence-corrected chi connectivity index (χ4v) is 2.96. The van der Waals surface area contributed by atoms with Crippen LogP contribution in [0.3, 0.4) is 0 Å². The van der Waals surface area contributed by atoms with Gasteiger partial charge < -0.3 is 5.11 Å². The first kappa shape index (κ1) is 17.8. The van der Waals surface area contributed by atoms with E-state index in [1.165, 1.54) is 24.2 Å². The number of nitrogens with zero attached hydrogens (tertiary/aromatic N) is 2. The maximum absolute atomic E-state index is 12.0. The fraction of sp³-hybridized carbons (Fsp3) is 0.0500. The fourth-order valence-electron chi connectivity index (χ4n) is 2.44. The number of rotatable bonds is 5. The molecular formula is C20H16BrN3O2. The first-order valence-corrected chi connectivity index (χ1v) is 8.71. The highest BCUT2D eigenvalue weighted by molar-refractivity contribution is 9.10. The van der Waals surface area contributed by atoms with Gasteiger partial charge in [-0.3, -0.25) is 9.78 Å². The molecule has 0 atom stereocenters. The molecule has 3 rings (SSSR count). The van der Waals surface area contributed by atoms with Gasteiger partial charge in [-0.1, -0.05) is 30.3 Å². The minimum atomic E-state index is -0.345. The average Bonchev–Trinajstić information content (AvgIpc) is 2.67. The van der Waals surface area contributed by atoms with E-state index in [1.54, 1.807) is 12.1 Å². The molecule has 2 aromatic carbocycles.